The van der Waals surface area contributed by atoms with Crippen molar-refractivity contribution in [1.29, 1.82) is 0 Å². The van der Waals surface area contributed by atoms with Gasteiger partial charge >= 0.3 is 0 Å². The summed E-state index contributed by atoms with van der Waals surface area (Å²) in [6, 6.07) is 11.2. The summed E-state index contributed by atoms with van der Waals surface area (Å²) in [5.41, 5.74) is 1.97. The van der Waals surface area contributed by atoms with Crippen molar-refractivity contribution in [2.75, 3.05) is 6.54 Å². The van der Waals surface area contributed by atoms with E-state index in [0.717, 1.165) is 36.3 Å². The molecule has 1 atom stereocenters. The van der Waals surface area contributed by atoms with Gasteiger partial charge in [0.05, 0.1) is 12.2 Å². The number of carbonyl (C=O) groups is 1. The van der Waals surface area contributed by atoms with E-state index >= 15 is 0 Å². The highest BCUT2D eigenvalue weighted by Gasteiger charge is 2.26. The normalized spacial score (nSPS) is 19.0. The minimum atomic E-state index is -0.475. The number of aryl methyl sites for hydroxylation is 1. The van der Waals surface area contributed by atoms with Crippen LogP contribution < -0.4 is 15.6 Å². The second-order valence-electron chi connectivity index (χ2n) is 6.64. The highest BCUT2D eigenvalue weighted by Crippen LogP contribution is 2.38. The number of carbonyl (C=O) groups excluding carboxylic acids is 1. The molecular formula is C19H21N3O3. The Morgan fingerprint density at radius 1 is 1.20 bits per heavy atom. The largest absolute Gasteiger partial charge is 0.480 e. The Balaban J connectivity index is 1.32. The van der Waals surface area contributed by atoms with Crippen molar-refractivity contribution in [3.05, 3.63) is 58.0 Å². The fraction of sp³-hybridized carbons (Fsp3) is 0.421. The molecule has 0 spiro atoms. The highest BCUT2D eigenvalue weighted by atomic mass is 16.5. The number of rotatable bonds is 5. The molecule has 25 heavy (non-hydrogen) atoms. The quantitative estimate of drug-likeness (QED) is 0.899. The molecule has 1 aromatic heterocycles. The molecule has 6 nitrogen and oxygen atoms in total. The fourth-order valence-corrected chi connectivity index (χ4v) is 3.13. The maximum Gasteiger partial charge on any atom is 0.266 e. The standard InChI is InChI=1S/C19H21N3O3/c23-18-10-8-15(13-5-6-13)21-22(18)12-11-20-19(24)17-9-7-14-3-1-2-4-16(14)25-17/h1-4,8,10,13,17H,5-7,9,11-12H2,(H,20,24). The summed E-state index contributed by atoms with van der Waals surface area (Å²) < 4.78 is 7.22. The molecule has 1 fully saturated rings. The number of ether oxygens (including phenoxy) is 1. The number of para-hydroxylation sites is 1. The van der Waals surface area contributed by atoms with Crippen LogP contribution >= 0.6 is 0 Å². The van der Waals surface area contributed by atoms with Gasteiger partial charge in [-0.2, -0.15) is 5.10 Å². The van der Waals surface area contributed by atoms with Gasteiger partial charge in [-0.25, -0.2) is 4.68 Å². The summed E-state index contributed by atoms with van der Waals surface area (Å²) in [4.78, 5) is 24.2. The van der Waals surface area contributed by atoms with Crippen LogP contribution in [0.4, 0.5) is 0 Å². The maximum absolute atomic E-state index is 12.3. The molecular weight excluding hydrogens is 318 g/mol. The molecule has 1 aliphatic carbocycles. The predicted molar refractivity (Wildman–Crippen MR) is 92.7 cm³/mol. The van der Waals surface area contributed by atoms with Crippen LogP contribution in [0.15, 0.2) is 41.2 Å². The Bertz CT molecular complexity index is 842. The van der Waals surface area contributed by atoms with E-state index in [0.29, 0.717) is 25.4 Å². The number of hydrogen-bond acceptors (Lipinski definition) is 4. The number of amides is 1. The van der Waals surface area contributed by atoms with Crippen LogP contribution in [0, 0.1) is 0 Å². The van der Waals surface area contributed by atoms with Crippen molar-refractivity contribution in [3.63, 3.8) is 0 Å². The molecule has 2 aromatic rings. The van der Waals surface area contributed by atoms with Gasteiger partial charge in [0.25, 0.3) is 11.5 Å². The van der Waals surface area contributed by atoms with Gasteiger partial charge in [0.2, 0.25) is 0 Å². The summed E-state index contributed by atoms with van der Waals surface area (Å²) in [5.74, 6) is 1.14. The molecule has 1 aromatic carbocycles. The Labute approximate surface area is 145 Å². The van der Waals surface area contributed by atoms with Crippen molar-refractivity contribution in [3.8, 4) is 5.75 Å². The zero-order chi connectivity index (χ0) is 17.2. The van der Waals surface area contributed by atoms with E-state index < -0.39 is 6.10 Å². The number of aromatic nitrogens is 2. The summed E-state index contributed by atoms with van der Waals surface area (Å²) in [6.45, 7) is 0.732. The first kappa shape index (κ1) is 15.9. The Morgan fingerprint density at radius 2 is 2.04 bits per heavy atom. The molecule has 1 saturated carbocycles. The van der Waals surface area contributed by atoms with E-state index in [1.807, 2.05) is 30.3 Å². The van der Waals surface area contributed by atoms with Crippen LogP contribution in [0.2, 0.25) is 0 Å². The average molecular weight is 339 g/mol. The number of nitrogens with one attached hydrogen (secondary N) is 1. The van der Waals surface area contributed by atoms with Gasteiger partial charge in [-0.1, -0.05) is 18.2 Å². The lowest BCUT2D eigenvalue weighted by Gasteiger charge is -2.25. The van der Waals surface area contributed by atoms with E-state index in [1.165, 1.54) is 4.68 Å². The minimum Gasteiger partial charge on any atom is -0.480 e. The van der Waals surface area contributed by atoms with Crippen LogP contribution in [0.25, 0.3) is 0 Å². The molecule has 1 aliphatic heterocycles. The van der Waals surface area contributed by atoms with E-state index in [2.05, 4.69) is 10.4 Å². The molecule has 2 aliphatic rings. The van der Waals surface area contributed by atoms with Crippen molar-refractivity contribution < 1.29 is 9.53 Å². The third-order valence-corrected chi connectivity index (χ3v) is 4.72. The Hall–Kier alpha value is -2.63. The van der Waals surface area contributed by atoms with Gasteiger partial charge in [-0.3, -0.25) is 9.59 Å². The molecule has 1 N–H and O–H groups in total. The Kier molecular flexibility index (Phi) is 4.26. The van der Waals surface area contributed by atoms with E-state index in [-0.39, 0.29) is 11.5 Å². The smallest absolute Gasteiger partial charge is 0.266 e. The molecule has 0 radical (unpaired) electrons. The predicted octanol–water partition coefficient (Wildman–Crippen LogP) is 1.63. The summed E-state index contributed by atoms with van der Waals surface area (Å²) in [6.07, 6.45) is 3.30. The van der Waals surface area contributed by atoms with Gasteiger partial charge < -0.3 is 10.1 Å². The number of hydrogen-bond donors (Lipinski definition) is 1. The first-order chi connectivity index (χ1) is 12.2. The van der Waals surface area contributed by atoms with Gasteiger partial charge in [0.15, 0.2) is 6.10 Å². The van der Waals surface area contributed by atoms with Crippen LogP contribution in [-0.4, -0.2) is 28.3 Å². The second-order valence-corrected chi connectivity index (χ2v) is 6.64. The van der Waals surface area contributed by atoms with E-state index in [1.54, 1.807) is 6.07 Å². The summed E-state index contributed by atoms with van der Waals surface area (Å²) >= 11 is 0. The third kappa shape index (κ3) is 3.57. The highest BCUT2D eigenvalue weighted by molar-refractivity contribution is 5.81. The number of nitrogens with zero attached hydrogens (tertiary/aromatic N) is 2. The van der Waals surface area contributed by atoms with Crippen LogP contribution in [0.1, 0.15) is 36.4 Å². The number of benzene rings is 1. The van der Waals surface area contributed by atoms with E-state index in [9.17, 15) is 9.59 Å². The molecule has 0 saturated heterocycles. The van der Waals surface area contributed by atoms with Crippen molar-refractivity contribution in [1.82, 2.24) is 15.1 Å². The molecule has 6 heteroatoms. The minimum absolute atomic E-state index is 0.138. The molecule has 0 bridgehead atoms. The van der Waals surface area contributed by atoms with E-state index in [4.69, 9.17) is 4.74 Å². The topological polar surface area (TPSA) is 73.2 Å². The van der Waals surface area contributed by atoms with Crippen molar-refractivity contribution in [2.24, 2.45) is 0 Å². The lowest BCUT2D eigenvalue weighted by molar-refractivity contribution is -0.128. The van der Waals surface area contributed by atoms with Gasteiger partial charge in [-0.05, 0) is 43.4 Å². The summed E-state index contributed by atoms with van der Waals surface area (Å²) in [7, 11) is 0. The molecule has 130 valence electrons. The van der Waals surface area contributed by atoms with Crippen molar-refractivity contribution in [2.45, 2.75) is 44.2 Å². The monoisotopic (exact) mass is 339 g/mol. The average Bonchev–Trinajstić information content (AvgIpc) is 3.48. The van der Waals surface area contributed by atoms with Gasteiger partial charge in [0, 0.05) is 18.5 Å². The zero-order valence-corrected chi connectivity index (χ0v) is 14.0. The fourth-order valence-electron chi connectivity index (χ4n) is 3.13. The molecule has 2 heterocycles. The molecule has 4 rings (SSSR count). The maximum atomic E-state index is 12.3. The molecule has 1 unspecified atom stereocenters. The van der Waals surface area contributed by atoms with Crippen LogP contribution in [0.3, 0.4) is 0 Å². The summed E-state index contributed by atoms with van der Waals surface area (Å²) in [5, 5.41) is 7.25. The SMILES string of the molecule is O=C(NCCn1nc(C2CC2)ccc1=O)C1CCc2ccccc2O1. The van der Waals surface area contributed by atoms with Gasteiger partial charge in [-0.15, -0.1) is 0 Å². The first-order valence-electron chi connectivity index (χ1n) is 8.81. The Morgan fingerprint density at radius 3 is 2.88 bits per heavy atom. The van der Waals surface area contributed by atoms with Crippen LogP contribution in [-0.2, 0) is 17.8 Å². The van der Waals surface area contributed by atoms with Crippen LogP contribution in [0.5, 0.6) is 5.75 Å². The number of fused-ring (bicyclic) bond motifs is 1. The zero-order valence-electron chi connectivity index (χ0n) is 14.0. The lowest BCUT2D eigenvalue weighted by atomic mass is 10.0. The lowest BCUT2D eigenvalue weighted by Crippen LogP contribution is -2.42. The third-order valence-electron chi connectivity index (χ3n) is 4.72. The van der Waals surface area contributed by atoms with Gasteiger partial charge in [0.1, 0.15) is 5.75 Å². The first-order valence-corrected chi connectivity index (χ1v) is 8.81. The van der Waals surface area contributed by atoms with Crippen molar-refractivity contribution >= 4 is 5.91 Å². The second kappa shape index (κ2) is 6.70. The molecule has 1 amide bonds.